The van der Waals surface area contributed by atoms with Gasteiger partial charge in [0.15, 0.2) is 0 Å². The summed E-state index contributed by atoms with van der Waals surface area (Å²) < 4.78 is 27.5. The number of pyridine rings is 1. The van der Waals surface area contributed by atoms with Gasteiger partial charge >= 0.3 is 0 Å². The highest BCUT2D eigenvalue weighted by atomic mass is 32.2. The van der Waals surface area contributed by atoms with Crippen LogP contribution in [0.5, 0.6) is 0 Å². The third-order valence-electron chi connectivity index (χ3n) is 4.15. The molecule has 6 heteroatoms. The molecule has 136 valence electrons. The first kappa shape index (κ1) is 18.8. The Hall–Kier alpha value is -3.01. The highest BCUT2D eigenvalue weighted by Gasteiger charge is 2.24. The Labute approximate surface area is 159 Å². The highest BCUT2D eigenvalue weighted by Crippen LogP contribution is 2.24. The zero-order valence-electron chi connectivity index (χ0n) is 14.7. The second-order valence-electron chi connectivity index (χ2n) is 6.00. The summed E-state index contributed by atoms with van der Waals surface area (Å²) in [5, 5.41) is 8.90. The first-order valence-corrected chi connectivity index (χ1v) is 9.97. The average molecular weight is 377 g/mol. The first-order chi connectivity index (χ1) is 13.1. The van der Waals surface area contributed by atoms with Gasteiger partial charge in [0.25, 0.3) is 0 Å². The molecule has 3 rings (SSSR count). The maximum atomic E-state index is 13.1. The van der Waals surface area contributed by atoms with Crippen molar-refractivity contribution in [2.45, 2.75) is 17.9 Å². The van der Waals surface area contributed by atoms with Crippen molar-refractivity contribution >= 4 is 10.0 Å². The molecule has 0 aliphatic rings. The van der Waals surface area contributed by atoms with Crippen LogP contribution in [0, 0.1) is 11.3 Å². The standard InChI is InChI=1S/C21H19N3O2S/c22-13-5-15-24(17-18-6-4-14-23-16-18)27(25,26)21-11-9-20(10-12-21)19-7-2-1-3-8-19/h1-4,6-12,14,16H,5,15,17H2. The summed E-state index contributed by atoms with van der Waals surface area (Å²) in [5.74, 6) is 0. The third-order valence-corrected chi connectivity index (χ3v) is 6.01. The lowest BCUT2D eigenvalue weighted by atomic mass is 10.1. The molecule has 0 spiro atoms. The van der Waals surface area contributed by atoms with Crippen molar-refractivity contribution in [3.05, 3.63) is 84.7 Å². The quantitative estimate of drug-likeness (QED) is 0.627. The summed E-state index contributed by atoms with van der Waals surface area (Å²) in [5.41, 5.74) is 2.75. The summed E-state index contributed by atoms with van der Waals surface area (Å²) in [4.78, 5) is 4.24. The van der Waals surface area contributed by atoms with E-state index < -0.39 is 10.0 Å². The average Bonchev–Trinajstić information content (AvgIpc) is 2.72. The van der Waals surface area contributed by atoms with E-state index in [-0.39, 0.29) is 24.4 Å². The van der Waals surface area contributed by atoms with Gasteiger partial charge in [-0.15, -0.1) is 0 Å². The molecule has 0 aliphatic heterocycles. The number of aromatic nitrogens is 1. The summed E-state index contributed by atoms with van der Waals surface area (Å²) in [6.07, 6.45) is 3.40. The number of benzene rings is 2. The van der Waals surface area contributed by atoms with E-state index in [4.69, 9.17) is 5.26 Å². The number of hydrogen-bond donors (Lipinski definition) is 0. The van der Waals surface area contributed by atoms with Crippen molar-refractivity contribution < 1.29 is 8.42 Å². The molecule has 0 radical (unpaired) electrons. The van der Waals surface area contributed by atoms with Crippen molar-refractivity contribution in [3.8, 4) is 17.2 Å². The van der Waals surface area contributed by atoms with E-state index in [1.165, 1.54) is 4.31 Å². The second kappa shape index (κ2) is 8.58. The Bertz CT molecular complexity index is 1010. The van der Waals surface area contributed by atoms with Crippen LogP contribution in [-0.4, -0.2) is 24.3 Å². The van der Waals surface area contributed by atoms with Crippen LogP contribution in [0.2, 0.25) is 0 Å². The Balaban J connectivity index is 1.88. The van der Waals surface area contributed by atoms with Gasteiger partial charge in [0.05, 0.1) is 11.0 Å². The van der Waals surface area contributed by atoms with E-state index >= 15 is 0 Å². The molecule has 0 saturated heterocycles. The lowest BCUT2D eigenvalue weighted by Crippen LogP contribution is -2.31. The number of nitriles is 1. The molecular formula is C21H19N3O2S. The lowest BCUT2D eigenvalue weighted by molar-refractivity contribution is 0.413. The maximum Gasteiger partial charge on any atom is 0.243 e. The minimum Gasteiger partial charge on any atom is -0.264 e. The van der Waals surface area contributed by atoms with Crippen LogP contribution in [0.15, 0.2) is 84.0 Å². The van der Waals surface area contributed by atoms with Gasteiger partial charge in [0, 0.05) is 31.9 Å². The molecule has 0 atom stereocenters. The molecular weight excluding hydrogens is 358 g/mol. The van der Waals surface area contributed by atoms with Gasteiger partial charge in [-0.1, -0.05) is 48.5 Å². The van der Waals surface area contributed by atoms with Crippen molar-refractivity contribution in [3.63, 3.8) is 0 Å². The Morgan fingerprint density at radius 1 is 0.926 bits per heavy atom. The Morgan fingerprint density at radius 3 is 2.26 bits per heavy atom. The van der Waals surface area contributed by atoms with E-state index in [9.17, 15) is 8.42 Å². The predicted octanol–water partition coefficient (Wildman–Crippen LogP) is 3.85. The van der Waals surface area contributed by atoms with E-state index in [0.29, 0.717) is 0 Å². The fourth-order valence-electron chi connectivity index (χ4n) is 2.75. The van der Waals surface area contributed by atoms with E-state index in [2.05, 4.69) is 4.98 Å². The number of sulfonamides is 1. The molecule has 1 heterocycles. The van der Waals surface area contributed by atoms with Crippen molar-refractivity contribution in [1.82, 2.24) is 9.29 Å². The molecule has 3 aromatic rings. The molecule has 0 amide bonds. The molecule has 0 fully saturated rings. The summed E-state index contributed by atoms with van der Waals surface area (Å²) in [7, 11) is -3.72. The van der Waals surface area contributed by atoms with Crippen molar-refractivity contribution in [2.24, 2.45) is 0 Å². The van der Waals surface area contributed by atoms with Gasteiger partial charge in [-0.05, 0) is 34.9 Å². The molecule has 1 aromatic heterocycles. The summed E-state index contributed by atoms with van der Waals surface area (Å²) in [6.45, 7) is 0.312. The van der Waals surface area contributed by atoms with Gasteiger partial charge in [0.1, 0.15) is 0 Å². The van der Waals surface area contributed by atoms with Crippen LogP contribution in [0.25, 0.3) is 11.1 Å². The van der Waals surface area contributed by atoms with Gasteiger partial charge in [0.2, 0.25) is 10.0 Å². The number of rotatable bonds is 7. The van der Waals surface area contributed by atoms with E-state index in [1.807, 2.05) is 42.5 Å². The zero-order chi connectivity index (χ0) is 19.1. The van der Waals surface area contributed by atoms with Crippen LogP contribution >= 0.6 is 0 Å². The molecule has 0 aliphatic carbocycles. The topological polar surface area (TPSA) is 74.1 Å². The maximum absolute atomic E-state index is 13.1. The SMILES string of the molecule is N#CCCN(Cc1cccnc1)S(=O)(=O)c1ccc(-c2ccccc2)cc1. The highest BCUT2D eigenvalue weighted by molar-refractivity contribution is 7.89. The number of nitrogens with zero attached hydrogens (tertiary/aromatic N) is 3. The molecule has 0 saturated carbocycles. The lowest BCUT2D eigenvalue weighted by Gasteiger charge is -2.21. The van der Waals surface area contributed by atoms with Crippen molar-refractivity contribution in [1.29, 1.82) is 5.26 Å². The molecule has 0 unspecified atom stereocenters. The van der Waals surface area contributed by atoms with Gasteiger partial charge in [-0.25, -0.2) is 8.42 Å². The van der Waals surface area contributed by atoms with Gasteiger partial charge in [-0.3, -0.25) is 4.98 Å². The van der Waals surface area contributed by atoms with Gasteiger partial charge < -0.3 is 0 Å². The molecule has 5 nitrogen and oxygen atoms in total. The predicted molar refractivity (Wildman–Crippen MR) is 104 cm³/mol. The van der Waals surface area contributed by atoms with E-state index in [0.717, 1.165) is 16.7 Å². The summed E-state index contributed by atoms with van der Waals surface area (Å²) >= 11 is 0. The normalized spacial score (nSPS) is 11.3. The molecule has 0 N–H and O–H groups in total. The zero-order valence-corrected chi connectivity index (χ0v) is 15.5. The molecule has 2 aromatic carbocycles. The Morgan fingerprint density at radius 2 is 1.63 bits per heavy atom. The fourth-order valence-corrected chi connectivity index (χ4v) is 4.18. The third kappa shape index (κ3) is 4.59. The molecule has 27 heavy (non-hydrogen) atoms. The van der Waals surface area contributed by atoms with Crippen LogP contribution < -0.4 is 0 Å². The smallest absolute Gasteiger partial charge is 0.243 e. The van der Waals surface area contributed by atoms with E-state index in [1.54, 1.807) is 42.7 Å². The van der Waals surface area contributed by atoms with Crippen LogP contribution in [0.4, 0.5) is 0 Å². The van der Waals surface area contributed by atoms with Crippen LogP contribution in [-0.2, 0) is 16.6 Å². The largest absolute Gasteiger partial charge is 0.264 e. The minimum absolute atomic E-state index is 0.127. The fraction of sp³-hybridized carbons (Fsp3) is 0.143. The minimum atomic E-state index is -3.72. The van der Waals surface area contributed by atoms with Gasteiger partial charge in [-0.2, -0.15) is 9.57 Å². The second-order valence-corrected chi connectivity index (χ2v) is 7.94. The first-order valence-electron chi connectivity index (χ1n) is 8.53. The number of hydrogen-bond acceptors (Lipinski definition) is 4. The van der Waals surface area contributed by atoms with Crippen molar-refractivity contribution in [2.75, 3.05) is 6.54 Å². The Kier molecular flexibility index (Phi) is 5.97. The summed E-state index contributed by atoms with van der Waals surface area (Å²) in [6, 6.07) is 22.2. The van der Waals surface area contributed by atoms with Crippen LogP contribution in [0.1, 0.15) is 12.0 Å². The van der Waals surface area contributed by atoms with Crippen LogP contribution in [0.3, 0.4) is 0 Å². The molecule has 0 bridgehead atoms. The monoisotopic (exact) mass is 377 g/mol.